The van der Waals surface area contributed by atoms with E-state index in [1.54, 1.807) is 0 Å². The highest BCUT2D eigenvalue weighted by Gasteiger charge is 2.30. The zero-order valence-electron chi connectivity index (χ0n) is 10.1. The summed E-state index contributed by atoms with van der Waals surface area (Å²) in [5.41, 5.74) is 0. The van der Waals surface area contributed by atoms with Crippen molar-refractivity contribution in [1.29, 1.82) is 0 Å². The van der Waals surface area contributed by atoms with Crippen LogP contribution in [0.1, 0.15) is 53.4 Å². The van der Waals surface area contributed by atoms with Crippen LogP contribution in [0.5, 0.6) is 0 Å². The molecule has 76 valence electrons. The number of hydrogen-bond acceptors (Lipinski definition) is 0. The fraction of sp³-hybridized carbons (Fsp3) is 1.00. The molecule has 0 N–H and O–H groups in total. The lowest BCUT2D eigenvalue weighted by Crippen LogP contribution is -2.25. The maximum atomic E-state index is 2.40. The molecule has 0 amide bonds. The molecule has 1 aliphatic rings. The van der Waals surface area contributed by atoms with Crippen molar-refractivity contribution in [1.82, 2.24) is 0 Å². The van der Waals surface area contributed by atoms with Gasteiger partial charge in [-0.15, -0.1) is 0 Å². The van der Waals surface area contributed by atoms with E-state index < -0.39 is 0 Å². The first kappa shape index (κ1) is 11.1. The van der Waals surface area contributed by atoms with E-state index in [4.69, 9.17) is 0 Å². The Morgan fingerprint density at radius 3 is 1.85 bits per heavy atom. The normalized spacial score (nSPS) is 30.8. The third-order valence-electron chi connectivity index (χ3n) is 3.94. The highest BCUT2D eigenvalue weighted by molar-refractivity contribution is 6.14. The second-order valence-corrected chi connectivity index (χ2v) is 6.22. The van der Waals surface area contributed by atoms with Crippen LogP contribution in [0.15, 0.2) is 0 Å². The fourth-order valence-corrected chi connectivity index (χ4v) is 2.65. The quantitative estimate of drug-likeness (QED) is 0.572. The Morgan fingerprint density at radius 2 is 1.54 bits per heavy atom. The molecule has 0 radical (unpaired) electrons. The summed E-state index contributed by atoms with van der Waals surface area (Å²) < 4.78 is 0. The van der Waals surface area contributed by atoms with Gasteiger partial charge in [-0.2, -0.15) is 0 Å². The van der Waals surface area contributed by atoms with Crippen LogP contribution in [0.4, 0.5) is 0 Å². The molecule has 0 aromatic heterocycles. The molecular formula is C12H25B. The van der Waals surface area contributed by atoms with Crippen molar-refractivity contribution in [2.75, 3.05) is 0 Å². The Bertz CT molecular complexity index is 147. The monoisotopic (exact) mass is 180 g/mol. The largest absolute Gasteiger partial charge is 0.109 e. The standard InChI is InChI=1S/C12H25B/c1-9(2)10-5-7-11(8-6-10)12(3,4)13/h9-11H,5-8,13H2,1-4H3. The van der Waals surface area contributed by atoms with Gasteiger partial charge in [0.1, 0.15) is 7.85 Å². The summed E-state index contributed by atoms with van der Waals surface area (Å²) in [4.78, 5) is 0. The van der Waals surface area contributed by atoms with E-state index in [2.05, 4.69) is 35.5 Å². The molecule has 0 aliphatic heterocycles. The van der Waals surface area contributed by atoms with Gasteiger partial charge in [-0.1, -0.05) is 45.9 Å². The lowest BCUT2D eigenvalue weighted by Gasteiger charge is -2.38. The SMILES string of the molecule is BC(C)(C)C1CCC(C(C)C)CC1. The summed E-state index contributed by atoms with van der Waals surface area (Å²) in [5, 5.41) is 0.544. The first-order valence-electron chi connectivity index (χ1n) is 5.91. The van der Waals surface area contributed by atoms with Gasteiger partial charge < -0.3 is 0 Å². The highest BCUT2D eigenvalue weighted by Crippen LogP contribution is 2.43. The summed E-state index contributed by atoms with van der Waals surface area (Å²) in [6.45, 7) is 9.55. The smallest absolute Gasteiger partial charge is 0.0669 e. The molecule has 0 saturated heterocycles. The van der Waals surface area contributed by atoms with Gasteiger partial charge in [0.2, 0.25) is 0 Å². The fourth-order valence-electron chi connectivity index (χ4n) is 2.65. The Labute approximate surface area is 84.9 Å². The molecule has 0 aromatic rings. The third kappa shape index (κ3) is 3.04. The van der Waals surface area contributed by atoms with Crippen molar-refractivity contribution in [3.05, 3.63) is 0 Å². The molecule has 0 bridgehead atoms. The Balaban J connectivity index is 2.39. The molecule has 0 atom stereocenters. The van der Waals surface area contributed by atoms with Crippen LogP contribution in [-0.2, 0) is 0 Å². The second kappa shape index (κ2) is 4.06. The molecule has 0 aromatic carbocycles. The molecule has 1 rings (SSSR count). The lowest BCUT2D eigenvalue weighted by atomic mass is 9.58. The Hall–Kier alpha value is 0.0649. The first-order chi connectivity index (χ1) is 5.91. The van der Waals surface area contributed by atoms with E-state index >= 15 is 0 Å². The van der Waals surface area contributed by atoms with Gasteiger partial charge in [0.05, 0.1) is 0 Å². The van der Waals surface area contributed by atoms with Gasteiger partial charge in [0, 0.05) is 0 Å². The average molecular weight is 180 g/mol. The van der Waals surface area contributed by atoms with Crippen molar-refractivity contribution >= 4 is 7.85 Å². The highest BCUT2D eigenvalue weighted by atomic mass is 14.3. The van der Waals surface area contributed by atoms with Crippen molar-refractivity contribution in [3.8, 4) is 0 Å². The molecule has 1 saturated carbocycles. The van der Waals surface area contributed by atoms with Gasteiger partial charge in [-0.25, -0.2) is 0 Å². The minimum atomic E-state index is 0.544. The van der Waals surface area contributed by atoms with Crippen LogP contribution < -0.4 is 0 Å². The summed E-state index contributed by atoms with van der Waals surface area (Å²) in [7, 11) is 2.40. The molecule has 1 fully saturated rings. The van der Waals surface area contributed by atoms with Crippen molar-refractivity contribution in [2.45, 2.75) is 58.7 Å². The second-order valence-electron chi connectivity index (χ2n) is 6.22. The molecule has 1 aliphatic carbocycles. The molecule has 0 spiro atoms. The first-order valence-corrected chi connectivity index (χ1v) is 5.91. The van der Waals surface area contributed by atoms with E-state index in [0.29, 0.717) is 5.31 Å². The van der Waals surface area contributed by atoms with Crippen LogP contribution in [0.3, 0.4) is 0 Å². The maximum Gasteiger partial charge on any atom is 0.109 e. The van der Waals surface area contributed by atoms with Crippen LogP contribution >= 0.6 is 0 Å². The summed E-state index contributed by atoms with van der Waals surface area (Å²) in [6.07, 6.45) is 5.87. The predicted molar refractivity (Wildman–Crippen MR) is 62.9 cm³/mol. The average Bonchev–Trinajstić information content (AvgIpc) is 2.03. The zero-order valence-corrected chi connectivity index (χ0v) is 10.1. The van der Waals surface area contributed by atoms with Crippen LogP contribution in [0, 0.1) is 17.8 Å². The van der Waals surface area contributed by atoms with E-state index in [0.717, 1.165) is 17.8 Å². The predicted octanol–water partition coefficient (Wildman–Crippen LogP) is 3.28. The topological polar surface area (TPSA) is 0 Å². The van der Waals surface area contributed by atoms with Crippen molar-refractivity contribution in [2.24, 2.45) is 17.8 Å². The van der Waals surface area contributed by atoms with Crippen LogP contribution in [-0.4, -0.2) is 7.85 Å². The lowest BCUT2D eigenvalue weighted by molar-refractivity contribution is 0.196. The van der Waals surface area contributed by atoms with Crippen molar-refractivity contribution < 1.29 is 0 Å². The van der Waals surface area contributed by atoms with Crippen LogP contribution in [0.25, 0.3) is 0 Å². The molecule has 0 heterocycles. The molecule has 1 heteroatoms. The Kier molecular flexibility index (Phi) is 3.48. The van der Waals surface area contributed by atoms with E-state index in [1.165, 1.54) is 25.7 Å². The maximum absolute atomic E-state index is 2.40. The minimum Gasteiger partial charge on any atom is -0.0669 e. The van der Waals surface area contributed by atoms with Gasteiger partial charge in [0.15, 0.2) is 0 Å². The van der Waals surface area contributed by atoms with E-state index in [1.807, 2.05) is 0 Å². The number of hydrogen-bond donors (Lipinski definition) is 0. The molecular weight excluding hydrogens is 155 g/mol. The molecule has 0 unspecified atom stereocenters. The van der Waals surface area contributed by atoms with E-state index in [9.17, 15) is 0 Å². The zero-order chi connectivity index (χ0) is 10.1. The van der Waals surface area contributed by atoms with Gasteiger partial charge in [0.25, 0.3) is 0 Å². The van der Waals surface area contributed by atoms with Crippen LogP contribution in [0.2, 0.25) is 5.31 Å². The van der Waals surface area contributed by atoms with Crippen molar-refractivity contribution in [3.63, 3.8) is 0 Å². The van der Waals surface area contributed by atoms with Gasteiger partial charge in [-0.3, -0.25) is 0 Å². The number of rotatable bonds is 2. The third-order valence-corrected chi connectivity index (χ3v) is 3.94. The molecule has 13 heavy (non-hydrogen) atoms. The molecule has 0 nitrogen and oxygen atoms in total. The van der Waals surface area contributed by atoms with Gasteiger partial charge in [-0.05, 0) is 30.6 Å². The summed E-state index contributed by atoms with van der Waals surface area (Å²) in [5.74, 6) is 2.89. The van der Waals surface area contributed by atoms with E-state index in [-0.39, 0.29) is 0 Å². The summed E-state index contributed by atoms with van der Waals surface area (Å²) in [6, 6.07) is 0. The summed E-state index contributed by atoms with van der Waals surface area (Å²) >= 11 is 0. The van der Waals surface area contributed by atoms with Gasteiger partial charge >= 0.3 is 0 Å². The Morgan fingerprint density at radius 1 is 1.08 bits per heavy atom. The minimum absolute atomic E-state index is 0.544.